The minimum absolute atomic E-state index is 0.0238. The van der Waals surface area contributed by atoms with Crippen molar-refractivity contribution in [1.29, 1.82) is 0 Å². The van der Waals surface area contributed by atoms with Crippen LogP contribution in [0.5, 0.6) is 5.75 Å². The van der Waals surface area contributed by atoms with Crippen molar-refractivity contribution in [3.8, 4) is 5.75 Å². The van der Waals surface area contributed by atoms with Crippen LogP contribution in [0.4, 0.5) is 35.3 Å². The third-order valence-corrected chi connectivity index (χ3v) is 6.07. The highest BCUT2D eigenvalue weighted by atomic mass is 35.5. The van der Waals surface area contributed by atoms with Crippen molar-refractivity contribution < 1.29 is 32.2 Å². The quantitative estimate of drug-likeness (QED) is 0.315. The molecular formula is C25H24ClF3N6O4. The molecule has 2 heterocycles. The molecule has 1 aliphatic heterocycles. The normalized spacial score (nSPS) is 16.8. The lowest BCUT2D eigenvalue weighted by molar-refractivity contribution is -0.137. The van der Waals surface area contributed by atoms with Crippen LogP contribution in [0.3, 0.4) is 0 Å². The standard InChI is InChI=1S/C25H24ClF3N6O4/c1-30-22-32-12-18(13-33-22)39-23(37)35-24(8-9-38-14-24)21(36)31-11-15-2-5-17(6-3-15)34-20-7-4-16(26)10-19(20)25(27,28)29/h2-7,10,12-13,34H,8-9,11,14H2,1H3,(H,31,36)(H,35,37)(H,30,32,33)/t24-/m0/s1. The fraction of sp³-hybridized carbons (Fsp3) is 0.280. The second-order valence-electron chi connectivity index (χ2n) is 8.58. The van der Waals surface area contributed by atoms with E-state index in [4.69, 9.17) is 21.1 Å². The van der Waals surface area contributed by atoms with Crippen molar-refractivity contribution in [2.75, 3.05) is 30.9 Å². The molecule has 1 atom stereocenters. The van der Waals surface area contributed by atoms with Crippen molar-refractivity contribution in [3.63, 3.8) is 0 Å². The van der Waals surface area contributed by atoms with Gasteiger partial charge in [-0.15, -0.1) is 0 Å². The number of carbonyl (C=O) groups excluding carboxylic acids is 2. The van der Waals surface area contributed by atoms with Gasteiger partial charge in [0.25, 0.3) is 0 Å². The molecule has 0 spiro atoms. The molecule has 39 heavy (non-hydrogen) atoms. The molecule has 0 bridgehead atoms. The summed E-state index contributed by atoms with van der Waals surface area (Å²) in [5, 5.41) is 10.8. The van der Waals surface area contributed by atoms with Crippen LogP contribution in [0.25, 0.3) is 0 Å². The second-order valence-corrected chi connectivity index (χ2v) is 9.02. The molecule has 4 N–H and O–H groups in total. The summed E-state index contributed by atoms with van der Waals surface area (Å²) in [6, 6.07) is 9.95. The predicted octanol–water partition coefficient (Wildman–Crippen LogP) is 4.50. The molecule has 2 aromatic carbocycles. The number of nitrogens with one attached hydrogen (secondary N) is 4. The van der Waals surface area contributed by atoms with Crippen LogP contribution in [0, 0.1) is 0 Å². The highest BCUT2D eigenvalue weighted by Gasteiger charge is 2.44. The van der Waals surface area contributed by atoms with E-state index in [1.54, 1.807) is 31.3 Å². The molecular weight excluding hydrogens is 541 g/mol. The Balaban J connectivity index is 1.36. The molecule has 0 saturated carbocycles. The average molecular weight is 565 g/mol. The minimum atomic E-state index is -4.58. The maximum atomic E-state index is 13.4. The first-order chi connectivity index (χ1) is 18.6. The third kappa shape index (κ3) is 7.06. The van der Waals surface area contributed by atoms with Crippen molar-refractivity contribution in [2.45, 2.75) is 24.7 Å². The summed E-state index contributed by atoms with van der Waals surface area (Å²) in [5.74, 6) is -0.0322. The number of hydrogen-bond donors (Lipinski definition) is 4. The van der Waals surface area contributed by atoms with Gasteiger partial charge in [0.15, 0.2) is 5.75 Å². The van der Waals surface area contributed by atoms with Crippen molar-refractivity contribution >= 4 is 40.9 Å². The van der Waals surface area contributed by atoms with E-state index < -0.39 is 29.3 Å². The lowest BCUT2D eigenvalue weighted by atomic mass is 9.97. The van der Waals surface area contributed by atoms with Gasteiger partial charge in [-0.2, -0.15) is 13.2 Å². The van der Waals surface area contributed by atoms with Gasteiger partial charge in [-0.1, -0.05) is 23.7 Å². The molecule has 1 saturated heterocycles. The molecule has 206 valence electrons. The van der Waals surface area contributed by atoms with E-state index >= 15 is 0 Å². The van der Waals surface area contributed by atoms with Crippen LogP contribution in [0.1, 0.15) is 17.5 Å². The lowest BCUT2D eigenvalue weighted by Gasteiger charge is -2.27. The zero-order valence-corrected chi connectivity index (χ0v) is 21.3. The zero-order valence-electron chi connectivity index (χ0n) is 20.6. The van der Waals surface area contributed by atoms with Crippen LogP contribution in [0.15, 0.2) is 54.9 Å². The molecule has 14 heteroatoms. The van der Waals surface area contributed by atoms with E-state index in [0.717, 1.165) is 6.07 Å². The number of ether oxygens (including phenoxy) is 2. The maximum Gasteiger partial charge on any atom is 0.418 e. The molecule has 2 amide bonds. The van der Waals surface area contributed by atoms with Gasteiger partial charge >= 0.3 is 12.3 Å². The van der Waals surface area contributed by atoms with Gasteiger partial charge in [-0.25, -0.2) is 14.8 Å². The van der Waals surface area contributed by atoms with Gasteiger partial charge in [-0.05, 0) is 35.9 Å². The number of anilines is 3. The number of halogens is 4. The summed E-state index contributed by atoms with van der Waals surface area (Å²) in [5.41, 5.74) is -1.27. The number of amides is 2. The summed E-state index contributed by atoms with van der Waals surface area (Å²) in [6.07, 6.45) is -2.60. The number of benzene rings is 2. The topological polar surface area (TPSA) is 127 Å². The summed E-state index contributed by atoms with van der Waals surface area (Å²) < 4.78 is 50.6. The SMILES string of the molecule is CNc1ncc(OC(=O)N[C@@]2(C(=O)NCc3ccc(Nc4ccc(Cl)cc4C(F)(F)F)cc3)CCOC2)cn1. The predicted molar refractivity (Wildman–Crippen MR) is 137 cm³/mol. The van der Waals surface area contributed by atoms with Gasteiger partial charge in [-0.3, -0.25) is 4.79 Å². The Morgan fingerprint density at radius 1 is 1.13 bits per heavy atom. The summed E-state index contributed by atoms with van der Waals surface area (Å²) in [7, 11) is 1.64. The van der Waals surface area contributed by atoms with E-state index in [-0.39, 0.29) is 42.6 Å². The first-order valence-corrected chi connectivity index (χ1v) is 12.0. The van der Waals surface area contributed by atoms with Crippen LogP contribution in [-0.2, 0) is 22.3 Å². The number of rotatable bonds is 8. The molecule has 1 aliphatic rings. The van der Waals surface area contributed by atoms with E-state index in [2.05, 4.69) is 31.2 Å². The molecule has 0 unspecified atom stereocenters. The third-order valence-electron chi connectivity index (χ3n) is 5.83. The first kappa shape index (κ1) is 27.9. The highest BCUT2D eigenvalue weighted by Crippen LogP contribution is 2.37. The van der Waals surface area contributed by atoms with Crippen LogP contribution < -0.4 is 26.0 Å². The Labute approximate surface area is 226 Å². The van der Waals surface area contributed by atoms with Crippen molar-refractivity contribution in [1.82, 2.24) is 20.6 Å². The van der Waals surface area contributed by atoms with Crippen molar-refractivity contribution in [3.05, 3.63) is 71.0 Å². The average Bonchev–Trinajstić information content (AvgIpc) is 3.38. The van der Waals surface area contributed by atoms with Gasteiger partial charge in [0.05, 0.1) is 30.3 Å². The second kappa shape index (κ2) is 11.7. The number of alkyl halides is 3. The first-order valence-electron chi connectivity index (χ1n) is 11.7. The Bertz CT molecular complexity index is 1320. The summed E-state index contributed by atoms with van der Waals surface area (Å²) >= 11 is 5.73. The Hall–Kier alpha value is -4.10. The van der Waals surface area contributed by atoms with Crippen LogP contribution in [-0.4, -0.2) is 47.8 Å². The van der Waals surface area contributed by atoms with Crippen LogP contribution in [0.2, 0.25) is 5.02 Å². The molecule has 3 aromatic rings. The van der Waals surface area contributed by atoms with E-state index in [0.29, 0.717) is 17.2 Å². The highest BCUT2D eigenvalue weighted by molar-refractivity contribution is 6.30. The number of nitrogens with zero attached hydrogens (tertiary/aromatic N) is 2. The summed E-state index contributed by atoms with van der Waals surface area (Å²) in [4.78, 5) is 33.4. The molecule has 4 rings (SSSR count). The fourth-order valence-corrected chi connectivity index (χ4v) is 3.97. The van der Waals surface area contributed by atoms with Gasteiger partial charge in [0.1, 0.15) is 5.54 Å². The van der Waals surface area contributed by atoms with Gasteiger partial charge < -0.3 is 30.7 Å². The van der Waals surface area contributed by atoms with Gasteiger partial charge in [0, 0.05) is 37.3 Å². The molecule has 0 aliphatic carbocycles. The number of hydrogen-bond acceptors (Lipinski definition) is 8. The van der Waals surface area contributed by atoms with Crippen molar-refractivity contribution in [2.24, 2.45) is 0 Å². The monoisotopic (exact) mass is 564 g/mol. The number of carbonyl (C=O) groups is 2. The summed E-state index contributed by atoms with van der Waals surface area (Å²) in [6.45, 7) is 0.318. The maximum absolute atomic E-state index is 13.4. The minimum Gasteiger partial charge on any atom is -0.407 e. The zero-order chi connectivity index (χ0) is 28.0. The Morgan fingerprint density at radius 3 is 2.46 bits per heavy atom. The Kier molecular flexibility index (Phi) is 8.41. The molecule has 0 radical (unpaired) electrons. The molecule has 1 fully saturated rings. The van der Waals surface area contributed by atoms with E-state index in [1.807, 2.05) is 0 Å². The molecule has 1 aromatic heterocycles. The van der Waals surface area contributed by atoms with Gasteiger partial charge in [0.2, 0.25) is 11.9 Å². The lowest BCUT2D eigenvalue weighted by Crippen LogP contribution is -2.59. The largest absolute Gasteiger partial charge is 0.418 e. The fourth-order valence-electron chi connectivity index (χ4n) is 3.80. The smallest absolute Gasteiger partial charge is 0.407 e. The molecule has 10 nitrogen and oxygen atoms in total. The van der Waals surface area contributed by atoms with E-state index in [1.165, 1.54) is 24.5 Å². The Morgan fingerprint density at radius 2 is 1.85 bits per heavy atom. The van der Waals surface area contributed by atoms with Crippen LogP contribution >= 0.6 is 11.6 Å². The number of aromatic nitrogens is 2. The van der Waals surface area contributed by atoms with E-state index in [9.17, 15) is 22.8 Å².